The van der Waals surface area contributed by atoms with Crippen LogP contribution in [0.5, 0.6) is 0 Å². The Kier molecular flexibility index (Phi) is 4.69. The van der Waals surface area contributed by atoms with Gasteiger partial charge in [-0.05, 0) is 47.5 Å². The minimum absolute atomic E-state index is 0.232. The number of rotatable bonds is 3. The summed E-state index contributed by atoms with van der Waals surface area (Å²) >= 11 is 3.35. The molecule has 0 saturated heterocycles. The Morgan fingerprint density at radius 1 is 1.10 bits per heavy atom. The number of carbonyl (C=O) groups is 1. The standard InChI is InChI=1S/C16H15BrN2O/c1-11-7-9-13(10-8-11)12(2)18-19-16(20)14-5-3-4-6-15(14)17/h3-10H,1-2H3,(H,19,20). The van der Waals surface area contributed by atoms with Gasteiger partial charge in [-0.3, -0.25) is 4.79 Å². The Morgan fingerprint density at radius 3 is 2.40 bits per heavy atom. The molecule has 2 aromatic rings. The van der Waals surface area contributed by atoms with Crippen LogP contribution in [0, 0.1) is 6.92 Å². The molecule has 0 atom stereocenters. The van der Waals surface area contributed by atoms with Crippen LogP contribution in [0.25, 0.3) is 0 Å². The number of hydrazone groups is 1. The van der Waals surface area contributed by atoms with Gasteiger partial charge in [0.2, 0.25) is 0 Å². The number of halogens is 1. The monoisotopic (exact) mass is 330 g/mol. The average molecular weight is 331 g/mol. The first-order valence-electron chi connectivity index (χ1n) is 6.24. The van der Waals surface area contributed by atoms with Gasteiger partial charge in [0.05, 0.1) is 11.3 Å². The van der Waals surface area contributed by atoms with E-state index in [0.29, 0.717) is 5.56 Å². The van der Waals surface area contributed by atoms with Crippen LogP contribution in [0.15, 0.2) is 58.1 Å². The molecule has 4 heteroatoms. The molecule has 0 aliphatic heterocycles. The summed E-state index contributed by atoms with van der Waals surface area (Å²) in [4.78, 5) is 12.0. The number of amides is 1. The molecule has 20 heavy (non-hydrogen) atoms. The molecule has 0 aromatic heterocycles. The van der Waals surface area contributed by atoms with E-state index in [1.54, 1.807) is 6.07 Å². The van der Waals surface area contributed by atoms with Crippen LogP contribution in [0.1, 0.15) is 28.4 Å². The lowest BCUT2D eigenvalue weighted by Crippen LogP contribution is -2.19. The molecule has 0 aliphatic carbocycles. The zero-order chi connectivity index (χ0) is 14.5. The topological polar surface area (TPSA) is 41.5 Å². The third kappa shape index (κ3) is 3.54. The van der Waals surface area contributed by atoms with Crippen LogP contribution in [0.3, 0.4) is 0 Å². The highest BCUT2D eigenvalue weighted by molar-refractivity contribution is 9.10. The molecule has 0 heterocycles. The Hall–Kier alpha value is -1.94. The van der Waals surface area contributed by atoms with E-state index in [2.05, 4.69) is 26.5 Å². The molecule has 0 fully saturated rings. The molecule has 1 amide bonds. The lowest BCUT2D eigenvalue weighted by molar-refractivity contribution is 0.0954. The number of carbonyl (C=O) groups excluding carboxylic acids is 1. The third-order valence-electron chi connectivity index (χ3n) is 2.91. The van der Waals surface area contributed by atoms with Crippen molar-refractivity contribution in [1.82, 2.24) is 5.43 Å². The molecule has 0 bridgehead atoms. The fourth-order valence-electron chi connectivity index (χ4n) is 1.70. The van der Waals surface area contributed by atoms with Crippen molar-refractivity contribution in [2.75, 3.05) is 0 Å². The van der Waals surface area contributed by atoms with Gasteiger partial charge in [0.25, 0.3) is 5.91 Å². The molecule has 2 rings (SSSR count). The van der Waals surface area contributed by atoms with Crippen LogP contribution in [-0.4, -0.2) is 11.6 Å². The van der Waals surface area contributed by atoms with Crippen molar-refractivity contribution in [3.63, 3.8) is 0 Å². The van der Waals surface area contributed by atoms with Crippen molar-refractivity contribution in [3.8, 4) is 0 Å². The van der Waals surface area contributed by atoms with Crippen molar-refractivity contribution < 1.29 is 4.79 Å². The summed E-state index contributed by atoms with van der Waals surface area (Å²) in [6, 6.07) is 15.3. The molecule has 0 unspecified atom stereocenters. The molecular formula is C16H15BrN2O. The largest absolute Gasteiger partial charge is 0.272 e. The Labute approximate surface area is 126 Å². The van der Waals surface area contributed by atoms with Gasteiger partial charge in [-0.2, -0.15) is 5.10 Å². The second kappa shape index (κ2) is 6.48. The summed E-state index contributed by atoms with van der Waals surface area (Å²) in [6.45, 7) is 3.90. The number of hydrogen-bond acceptors (Lipinski definition) is 2. The van der Waals surface area contributed by atoms with Gasteiger partial charge in [-0.1, -0.05) is 42.0 Å². The first-order chi connectivity index (χ1) is 9.58. The number of aryl methyl sites for hydroxylation is 1. The third-order valence-corrected chi connectivity index (χ3v) is 3.60. The van der Waals surface area contributed by atoms with Gasteiger partial charge < -0.3 is 0 Å². The zero-order valence-corrected chi connectivity index (χ0v) is 12.9. The Bertz CT molecular complexity index is 648. The van der Waals surface area contributed by atoms with E-state index in [-0.39, 0.29) is 5.91 Å². The van der Waals surface area contributed by atoms with Gasteiger partial charge >= 0.3 is 0 Å². The molecule has 0 saturated carbocycles. The van der Waals surface area contributed by atoms with E-state index >= 15 is 0 Å². The SMILES string of the molecule is CC(=NNC(=O)c1ccccc1Br)c1ccc(C)cc1. The summed E-state index contributed by atoms with van der Waals surface area (Å²) in [6.07, 6.45) is 0. The van der Waals surface area contributed by atoms with Crippen molar-refractivity contribution in [3.05, 3.63) is 69.7 Å². The maximum atomic E-state index is 12.0. The minimum atomic E-state index is -0.232. The quantitative estimate of drug-likeness (QED) is 0.672. The maximum Gasteiger partial charge on any atom is 0.272 e. The second-order valence-corrected chi connectivity index (χ2v) is 5.34. The van der Waals surface area contributed by atoms with Gasteiger partial charge in [0.15, 0.2) is 0 Å². The molecule has 2 aromatic carbocycles. The average Bonchev–Trinajstić information content (AvgIpc) is 2.45. The van der Waals surface area contributed by atoms with Crippen LogP contribution >= 0.6 is 15.9 Å². The van der Waals surface area contributed by atoms with Crippen molar-refractivity contribution >= 4 is 27.5 Å². The molecule has 0 aliphatic rings. The lowest BCUT2D eigenvalue weighted by Gasteiger charge is -2.05. The van der Waals surface area contributed by atoms with Crippen molar-refractivity contribution in [2.45, 2.75) is 13.8 Å². The Balaban J connectivity index is 2.11. The van der Waals surface area contributed by atoms with Gasteiger partial charge in [0.1, 0.15) is 0 Å². The summed E-state index contributed by atoms with van der Waals surface area (Å²) in [7, 11) is 0. The highest BCUT2D eigenvalue weighted by atomic mass is 79.9. The highest BCUT2D eigenvalue weighted by Crippen LogP contribution is 2.15. The van der Waals surface area contributed by atoms with E-state index in [9.17, 15) is 4.79 Å². The van der Waals surface area contributed by atoms with Crippen LogP contribution < -0.4 is 5.43 Å². The summed E-state index contributed by atoms with van der Waals surface area (Å²) in [5.74, 6) is -0.232. The Morgan fingerprint density at radius 2 is 1.75 bits per heavy atom. The first kappa shape index (κ1) is 14.5. The number of nitrogens with zero attached hydrogens (tertiary/aromatic N) is 1. The van der Waals surface area contributed by atoms with E-state index in [1.807, 2.05) is 56.3 Å². The summed E-state index contributed by atoms with van der Waals surface area (Å²) in [5, 5.41) is 4.14. The molecule has 3 nitrogen and oxygen atoms in total. The molecular weight excluding hydrogens is 316 g/mol. The lowest BCUT2D eigenvalue weighted by atomic mass is 10.1. The highest BCUT2D eigenvalue weighted by Gasteiger charge is 2.08. The summed E-state index contributed by atoms with van der Waals surface area (Å²) < 4.78 is 0.751. The van der Waals surface area contributed by atoms with Gasteiger partial charge in [0, 0.05) is 4.47 Å². The van der Waals surface area contributed by atoms with Gasteiger partial charge in [-0.15, -0.1) is 0 Å². The zero-order valence-electron chi connectivity index (χ0n) is 11.4. The first-order valence-corrected chi connectivity index (χ1v) is 7.03. The van der Waals surface area contributed by atoms with Crippen LogP contribution in [0.2, 0.25) is 0 Å². The van der Waals surface area contributed by atoms with Crippen molar-refractivity contribution in [1.29, 1.82) is 0 Å². The van der Waals surface area contributed by atoms with E-state index in [0.717, 1.165) is 15.7 Å². The van der Waals surface area contributed by atoms with E-state index in [1.165, 1.54) is 5.56 Å². The fraction of sp³-hybridized carbons (Fsp3) is 0.125. The minimum Gasteiger partial charge on any atom is -0.267 e. The van der Waals surface area contributed by atoms with E-state index in [4.69, 9.17) is 0 Å². The number of hydrogen-bond donors (Lipinski definition) is 1. The second-order valence-electron chi connectivity index (χ2n) is 4.48. The normalized spacial score (nSPS) is 11.2. The summed E-state index contributed by atoms with van der Waals surface area (Å²) in [5.41, 5.74) is 6.09. The van der Waals surface area contributed by atoms with Crippen LogP contribution in [-0.2, 0) is 0 Å². The number of nitrogens with one attached hydrogen (secondary N) is 1. The predicted octanol–water partition coefficient (Wildman–Crippen LogP) is 3.91. The van der Waals surface area contributed by atoms with E-state index < -0.39 is 0 Å². The molecule has 0 spiro atoms. The van der Waals surface area contributed by atoms with Crippen LogP contribution in [0.4, 0.5) is 0 Å². The molecule has 102 valence electrons. The predicted molar refractivity (Wildman–Crippen MR) is 85.0 cm³/mol. The molecule has 1 N–H and O–H groups in total. The number of benzene rings is 2. The maximum absolute atomic E-state index is 12.0. The smallest absolute Gasteiger partial charge is 0.267 e. The molecule has 0 radical (unpaired) electrons. The van der Waals surface area contributed by atoms with Crippen molar-refractivity contribution in [2.24, 2.45) is 5.10 Å². The fourth-order valence-corrected chi connectivity index (χ4v) is 2.16. The van der Waals surface area contributed by atoms with Gasteiger partial charge in [-0.25, -0.2) is 5.43 Å².